The molecule has 0 spiro atoms. The second kappa shape index (κ2) is 4.30. The molecule has 0 aliphatic carbocycles. The Morgan fingerprint density at radius 3 is 2.70 bits per heavy atom. The molecule has 4 heterocycles. The first-order chi connectivity index (χ1) is 9.81. The second-order valence-corrected chi connectivity index (χ2v) is 5.29. The van der Waals surface area contributed by atoms with Crippen LogP contribution < -0.4 is 4.90 Å². The van der Waals surface area contributed by atoms with E-state index in [2.05, 4.69) is 36.4 Å². The summed E-state index contributed by atoms with van der Waals surface area (Å²) in [6.45, 7) is 3.87. The Morgan fingerprint density at radius 2 is 1.90 bits per heavy atom. The third kappa shape index (κ3) is 1.74. The van der Waals surface area contributed by atoms with Crippen LogP contribution in [0.1, 0.15) is 17.2 Å². The average Bonchev–Trinajstić information content (AvgIpc) is 2.84. The predicted octanol–water partition coefficient (Wildman–Crippen LogP) is 2.04. The Hall–Kier alpha value is -2.43. The van der Waals surface area contributed by atoms with Gasteiger partial charge < -0.3 is 9.30 Å². The van der Waals surface area contributed by atoms with Gasteiger partial charge >= 0.3 is 0 Å². The van der Waals surface area contributed by atoms with Crippen molar-refractivity contribution in [3.05, 3.63) is 54.4 Å². The molecule has 1 aliphatic heterocycles. The molecule has 100 valence electrons. The van der Waals surface area contributed by atoms with Gasteiger partial charge in [0.2, 0.25) is 5.95 Å². The van der Waals surface area contributed by atoms with Crippen molar-refractivity contribution >= 4 is 11.5 Å². The van der Waals surface area contributed by atoms with E-state index in [0.717, 1.165) is 24.6 Å². The Balaban J connectivity index is 1.55. The van der Waals surface area contributed by atoms with Crippen LogP contribution in [0.3, 0.4) is 0 Å². The summed E-state index contributed by atoms with van der Waals surface area (Å²) in [5.74, 6) is 1.28. The summed E-state index contributed by atoms with van der Waals surface area (Å²) in [5, 5.41) is 0. The first-order valence-electron chi connectivity index (χ1n) is 6.76. The van der Waals surface area contributed by atoms with Gasteiger partial charge in [-0.15, -0.1) is 0 Å². The maximum absolute atomic E-state index is 4.56. The Morgan fingerprint density at radius 1 is 1.10 bits per heavy atom. The van der Waals surface area contributed by atoms with Gasteiger partial charge in [-0.2, -0.15) is 0 Å². The number of pyridine rings is 1. The largest absolute Gasteiger partial charge is 0.339 e. The van der Waals surface area contributed by atoms with Gasteiger partial charge in [0, 0.05) is 37.6 Å². The highest BCUT2D eigenvalue weighted by molar-refractivity contribution is 5.55. The van der Waals surface area contributed by atoms with Gasteiger partial charge in [-0.1, -0.05) is 6.07 Å². The number of hydrogen-bond acceptors (Lipinski definition) is 4. The summed E-state index contributed by atoms with van der Waals surface area (Å²) in [7, 11) is 0. The van der Waals surface area contributed by atoms with Gasteiger partial charge in [0.15, 0.2) is 0 Å². The molecule has 0 radical (unpaired) electrons. The molecule has 3 aromatic heterocycles. The lowest BCUT2D eigenvalue weighted by atomic mass is 9.96. The van der Waals surface area contributed by atoms with E-state index in [1.807, 2.05) is 37.9 Å². The molecule has 0 N–H and O–H groups in total. The number of fused-ring (bicyclic) bond motifs is 1. The lowest BCUT2D eigenvalue weighted by molar-refractivity contribution is 0.507. The van der Waals surface area contributed by atoms with Crippen molar-refractivity contribution in [2.45, 2.75) is 12.8 Å². The molecule has 4 rings (SSSR count). The van der Waals surface area contributed by atoms with Crippen molar-refractivity contribution in [1.29, 1.82) is 0 Å². The first kappa shape index (κ1) is 11.4. The third-order valence-corrected chi connectivity index (χ3v) is 3.79. The standard InChI is InChI=1S/C15H15N5/c1-11-6-16-15(17-7-11)20-8-12(9-20)14-13-4-2-3-5-19(13)10-18-14/h2-7,10,12H,8-9H2,1H3. The molecular weight excluding hydrogens is 250 g/mol. The van der Waals surface area contributed by atoms with Gasteiger partial charge in [0.25, 0.3) is 0 Å². The van der Waals surface area contributed by atoms with Gasteiger partial charge in [-0.05, 0) is 24.6 Å². The fraction of sp³-hybridized carbons (Fsp3) is 0.267. The molecule has 1 fully saturated rings. The van der Waals surface area contributed by atoms with Gasteiger partial charge in [0.1, 0.15) is 0 Å². The Bertz CT molecular complexity index is 740. The van der Waals surface area contributed by atoms with Crippen LogP contribution in [0.15, 0.2) is 43.1 Å². The highest BCUT2D eigenvalue weighted by atomic mass is 15.3. The van der Waals surface area contributed by atoms with Crippen LogP contribution in [0, 0.1) is 6.92 Å². The van der Waals surface area contributed by atoms with E-state index < -0.39 is 0 Å². The molecule has 0 amide bonds. The molecule has 5 heteroatoms. The van der Waals surface area contributed by atoms with E-state index in [4.69, 9.17) is 0 Å². The number of imidazole rings is 1. The van der Waals surface area contributed by atoms with Crippen LogP contribution in [-0.4, -0.2) is 32.4 Å². The average molecular weight is 265 g/mol. The summed E-state index contributed by atoms with van der Waals surface area (Å²) in [4.78, 5) is 15.5. The third-order valence-electron chi connectivity index (χ3n) is 3.79. The summed E-state index contributed by atoms with van der Waals surface area (Å²) in [6, 6.07) is 6.19. The minimum Gasteiger partial charge on any atom is -0.339 e. The molecule has 0 saturated carbocycles. The van der Waals surface area contributed by atoms with E-state index in [-0.39, 0.29) is 0 Å². The van der Waals surface area contributed by atoms with Crippen LogP contribution in [0.25, 0.3) is 5.52 Å². The zero-order valence-electron chi connectivity index (χ0n) is 11.3. The first-order valence-corrected chi connectivity index (χ1v) is 6.76. The zero-order chi connectivity index (χ0) is 13.5. The van der Waals surface area contributed by atoms with Crippen molar-refractivity contribution in [3.8, 4) is 0 Å². The van der Waals surface area contributed by atoms with E-state index >= 15 is 0 Å². The maximum Gasteiger partial charge on any atom is 0.225 e. The normalized spacial score (nSPS) is 15.6. The maximum atomic E-state index is 4.56. The number of rotatable bonds is 2. The van der Waals surface area contributed by atoms with Crippen LogP contribution in [0.4, 0.5) is 5.95 Å². The molecule has 5 nitrogen and oxygen atoms in total. The summed E-state index contributed by atoms with van der Waals surface area (Å²) in [5.41, 5.74) is 3.46. The highest BCUT2D eigenvalue weighted by Crippen LogP contribution is 2.30. The van der Waals surface area contributed by atoms with E-state index in [1.54, 1.807) is 0 Å². The van der Waals surface area contributed by atoms with E-state index in [9.17, 15) is 0 Å². The quantitative estimate of drug-likeness (QED) is 0.711. The second-order valence-electron chi connectivity index (χ2n) is 5.29. The predicted molar refractivity (Wildman–Crippen MR) is 76.9 cm³/mol. The number of nitrogens with zero attached hydrogens (tertiary/aromatic N) is 5. The molecule has 1 saturated heterocycles. The molecule has 0 aromatic carbocycles. The Labute approximate surface area is 116 Å². The molecule has 0 atom stereocenters. The van der Waals surface area contributed by atoms with Crippen molar-refractivity contribution in [2.24, 2.45) is 0 Å². The fourth-order valence-corrected chi connectivity index (χ4v) is 2.64. The van der Waals surface area contributed by atoms with Gasteiger partial charge in [-0.3, -0.25) is 0 Å². The summed E-state index contributed by atoms with van der Waals surface area (Å²) < 4.78 is 2.07. The monoisotopic (exact) mass is 265 g/mol. The van der Waals surface area contributed by atoms with Gasteiger partial charge in [0.05, 0.1) is 17.5 Å². The van der Waals surface area contributed by atoms with Crippen LogP contribution in [0.2, 0.25) is 0 Å². The van der Waals surface area contributed by atoms with Crippen molar-refractivity contribution < 1.29 is 0 Å². The highest BCUT2D eigenvalue weighted by Gasteiger charge is 2.32. The number of aryl methyl sites for hydroxylation is 1. The molecule has 20 heavy (non-hydrogen) atoms. The van der Waals surface area contributed by atoms with E-state index in [1.165, 1.54) is 11.2 Å². The molecule has 1 aliphatic rings. The lowest BCUT2D eigenvalue weighted by Gasteiger charge is -2.38. The zero-order valence-corrected chi connectivity index (χ0v) is 11.3. The molecule has 0 unspecified atom stereocenters. The number of anilines is 1. The smallest absolute Gasteiger partial charge is 0.225 e. The minimum absolute atomic E-state index is 0.465. The molecule has 3 aromatic rings. The number of hydrogen-bond donors (Lipinski definition) is 0. The van der Waals surface area contributed by atoms with Crippen LogP contribution in [0.5, 0.6) is 0 Å². The molecular formula is C15H15N5. The van der Waals surface area contributed by atoms with Crippen LogP contribution >= 0.6 is 0 Å². The molecule has 0 bridgehead atoms. The summed E-state index contributed by atoms with van der Waals surface area (Å²) >= 11 is 0. The van der Waals surface area contributed by atoms with Crippen molar-refractivity contribution in [3.63, 3.8) is 0 Å². The van der Waals surface area contributed by atoms with E-state index in [0.29, 0.717) is 5.92 Å². The minimum atomic E-state index is 0.465. The summed E-state index contributed by atoms with van der Waals surface area (Å²) in [6.07, 6.45) is 7.64. The van der Waals surface area contributed by atoms with Crippen molar-refractivity contribution in [1.82, 2.24) is 19.4 Å². The van der Waals surface area contributed by atoms with Crippen LogP contribution in [-0.2, 0) is 0 Å². The van der Waals surface area contributed by atoms with Crippen molar-refractivity contribution in [2.75, 3.05) is 18.0 Å². The Kier molecular flexibility index (Phi) is 2.45. The fourth-order valence-electron chi connectivity index (χ4n) is 2.64. The van der Waals surface area contributed by atoms with Gasteiger partial charge in [-0.25, -0.2) is 15.0 Å². The topological polar surface area (TPSA) is 46.3 Å². The SMILES string of the molecule is Cc1cnc(N2CC(c3ncn4ccccc34)C2)nc1. The lowest BCUT2D eigenvalue weighted by Crippen LogP contribution is -2.46. The number of aromatic nitrogens is 4.